The van der Waals surface area contributed by atoms with Crippen LogP contribution in [0.15, 0.2) is 65.4 Å². The molecular weight excluding hydrogens is 357 g/mol. The third-order valence-corrected chi connectivity index (χ3v) is 4.30. The van der Waals surface area contributed by atoms with Gasteiger partial charge in [0.2, 0.25) is 0 Å². The molecule has 0 atom stereocenters. The summed E-state index contributed by atoms with van der Waals surface area (Å²) in [5, 5.41) is 0.453. The number of allylic oxidation sites excluding steroid dienone is 1. The molecule has 1 aliphatic rings. The highest BCUT2D eigenvalue weighted by Gasteiger charge is 2.38. The van der Waals surface area contributed by atoms with Crippen molar-refractivity contribution < 1.29 is 18.7 Å². The summed E-state index contributed by atoms with van der Waals surface area (Å²) in [7, 11) is 1.23. The van der Waals surface area contributed by atoms with Crippen LogP contribution in [0.3, 0.4) is 0 Å². The standard InChI is InChI=1S/C20H15ClFNO3/c1-12-18(20(25)26-2)16(10-13-6-3-4-9-17(13)22)19(24)23(12)15-8-5-7-14(21)11-15/h3-11H,1-2H3. The topological polar surface area (TPSA) is 46.6 Å². The lowest BCUT2D eigenvalue weighted by molar-refractivity contribution is -0.136. The van der Waals surface area contributed by atoms with Gasteiger partial charge >= 0.3 is 5.97 Å². The number of hydrogen-bond donors (Lipinski definition) is 0. The van der Waals surface area contributed by atoms with Crippen molar-refractivity contribution in [3.63, 3.8) is 0 Å². The van der Waals surface area contributed by atoms with Crippen molar-refractivity contribution in [1.82, 2.24) is 0 Å². The Labute approximate surface area is 155 Å². The lowest BCUT2D eigenvalue weighted by Gasteiger charge is -2.18. The average molecular weight is 372 g/mol. The van der Waals surface area contributed by atoms with Gasteiger partial charge in [0.15, 0.2) is 0 Å². The molecule has 2 aromatic carbocycles. The minimum absolute atomic E-state index is 0.0689. The fourth-order valence-electron chi connectivity index (χ4n) is 2.85. The molecule has 0 bridgehead atoms. The summed E-state index contributed by atoms with van der Waals surface area (Å²) in [5.41, 5.74) is 1.28. The summed E-state index contributed by atoms with van der Waals surface area (Å²) in [6, 6.07) is 12.7. The van der Waals surface area contributed by atoms with Crippen molar-refractivity contribution in [2.75, 3.05) is 12.0 Å². The number of carbonyl (C=O) groups is 2. The molecule has 0 spiro atoms. The lowest BCUT2D eigenvalue weighted by Crippen LogP contribution is -2.24. The fraction of sp³-hybridized carbons (Fsp3) is 0.100. The number of benzene rings is 2. The van der Waals surface area contributed by atoms with E-state index in [1.165, 1.54) is 30.2 Å². The molecule has 1 amide bonds. The maximum atomic E-state index is 14.0. The van der Waals surface area contributed by atoms with Gasteiger partial charge in [-0.25, -0.2) is 9.18 Å². The van der Waals surface area contributed by atoms with Crippen LogP contribution < -0.4 is 4.90 Å². The predicted octanol–water partition coefficient (Wildman–Crippen LogP) is 4.36. The first-order valence-corrected chi connectivity index (χ1v) is 8.17. The summed E-state index contributed by atoms with van der Waals surface area (Å²) in [6.07, 6.45) is 1.36. The van der Waals surface area contributed by atoms with Gasteiger partial charge in [-0.3, -0.25) is 9.69 Å². The molecule has 0 saturated carbocycles. The Balaban J connectivity index is 2.17. The number of ether oxygens (including phenoxy) is 1. The highest BCUT2D eigenvalue weighted by molar-refractivity contribution is 6.31. The van der Waals surface area contributed by atoms with E-state index in [0.29, 0.717) is 16.4 Å². The minimum atomic E-state index is -0.664. The van der Waals surface area contributed by atoms with Crippen molar-refractivity contribution in [3.05, 3.63) is 81.8 Å². The number of hydrogen-bond acceptors (Lipinski definition) is 3. The molecule has 1 aliphatic heterocycles. The highest BCUT2D eigenvalue weighted by Crippen LogP contribution is 2.36. The largest absolute Gasteiger partial charge is 0.465 e. The number of halogens is 2. The molecule has 0 aliphatic carbocycles. The number of methoxy groups -OCH3 is 1. The molecule has 6 heteroatoms. The minimum Gasteiger partial charge on any atom is -0.465 e. The van der Waals surface area contributed by atoms with E-state index in [0.717, 1.165) is 0 Å². The van der Waals surface area contributed by atoms with Gasteiger partial charge in [-0.15, -0.1) is 0 Å². The third-order valence-electron chi connectivity index (χ3n) is 4.06. The average Bonchev–Trinajstić information content (AvgIpc) is 2.86. The second kappa shape index (κ2) is 7.14. The van der Waals surface area contributed by atoms with Crippen LogP contribution in [-0.4, -0.2) is 19.0 Å². The SMILES string of the molecule is COC(=O)C1=C(C)N(c2cccc(Cl)c2)C(=O)C1=Cc1ccccc1F. The van der Waals surface area contributed by atoms with Crippen LogP contribution in [0.5, 0.6) is 0 Å². The van der Waals surface area contributed by atoms with Gasteiger partial charge in [0.05, 0.1) is 23.9 Å². The molecule has 26 heavy (non-hydrogen) atoms. The van der Waals surface area contributed by atoms with Crippen molar-refractivity contribution >= 4 is 35.2 Å². The summed E-state index contributed by atoms with van der Waals surface area (Å²) in [4.78, 5) is 26.7. The van der Waals surface area contributed by atoms with Gasteiger partial charge in [0.1, 0.15) is 5.82 Å². The molecule has 0 fully saturated rings. The molecule has 0 aromatic heterocycles. The first-order chi connectivity index (χ1) is 12.4. The van der Waals surface area contributed by atoms with Crippen molar-refractivity contribution in [1.29, 1.82) is 0 Å². The zero-order valence-electron chi connectivity index (χ0n) is 14.1. The first-order valence-electron chi connectivity index (χ1n) is 7.80. The molecule has 0 saturated heterocycles. The maximum Gasteiger partial charge on any atom is 0.340 e. The zero-order valence-corrected chi connectivity index (χ0v) is 14.9. The lowest BCUT2D eigenvalue weighted by atomic mass is 10.0. The first kappa shape index (κ1) is 17.9. The monoisotopic (exact) mass is 371 g/mol. The number of amides is 1. The van der Waals surface area contributed by atoms with E-state index in [9.17, 15) is 14.0 Å². The Morgan fingerprint density at radius 1 is 1.19 bits per heavy atom. The number of nitrogens with zero attached hydrogens (tertiary/aromatic N) is 1. The quantitative estimate of drug-likeness (QED) is 0.595. The Bertz CT molecular complexity index is 965. The molecule has 2 aromatic rings. The van der Waals surface area contributed by atoms with Crippen LogP contribution in [0.2, 0.25) is 5.02 Å². The zero-order chi connectivity index (χ0) is 18.8. The van der Waals surface area contributed by atoms with Crippen LogP contribution >= 0.6 is 11.6 Å². The Morgan fingerprint density at radius 2 is 1.92 bits per heavy atom. The van der Waals surface area contributed by atoms with Gasteiger partial charge < -0.3 is 4.74 Å². The van der Waals surface area contributed by atoms with Crippen LogP contribution in [0.4, 0.5) is 10.1 Å². The molecule has 0 unspecified atom stereocenters. The summed E-state index contributed by atoms with van der Waals surface area (Å²) < 4.78 is 18.9. The van der Waals surface area contributed by atoms with Crippen molar-refractivity contribution in [2.45, 2.75) is 6.92 Å². The fourth-order valence-corrected chi connectivity index (χ4v) is 3.04. The molecule has 3 rings (SSSR count). The molecule has 4 nitrogen and oxygen atoms in total. The second-order valence-corrected chi connectivity index (χ2v) is 6.09. The van der Waals surface area contributed by atoms with E-state index in [1.807, 2.05) is 0 Å². The van der Waals surface area contributed by atoms with Gasteiger partial charge in [0, 0.05) is 16.3 Å². The highest BCUT2D eigenvalue weighted by atomic mass is 35.5. The molecule has 0 N–H and O–H groups in total. The second-order valence-electron chi connectivity index (χ2n) is 5.65. The van der Waals surface area contributed by atoms with Crippen LogP contribution in [0.25, 0.3) is 6.08 Å². The van der Waals surface area contributed by atoms with E-state index in [1.54, 1.807) is 43.3 Å². The van der Waals surface area contributed by atoms with Crippen molar-refractivity contribution in [3.8, 4) is 0 Å². The van der Waals surface area contributed by atoms with Crippen molar-refractivity contribution in [2.24, 2.45) is 0 Å². The van der Waals surface area contributed by atoms with Crippen LogP contribution in [-0.2, 0) is 14.3 Å². The number of rotatable bonds is 3. The maximum absolute atomic E-state index is 14.0. The Hall–Kier alpha value is -2.92. The Kier molecular flexibility index (Phi) is 4.91. The summed E-state index contributed by atoms with van der Waals surface area (Å²) >= 11 is 6.02. The number of anilines is 1. The summed E-state index contributed by atoms with van der Waals surface area (Å²) in [5.74, 6) is -1.60. The molecular formula is C20H15ClFNO3. The van der Waals surface area contributed by atoms with E-state index in [2.05, 4.69) is 0 Å². The molecule has 0 radical (unpaired) electrons. The summed E-state index contributed by atoms with van der Waals surface area (Å²) in [6.45, 7) is 1.63. The van der Waals surface area contributed by atoms with E-state index < -0.39 is 17.7 Å². The van der Waals surface area contributed by atoms with E-state index >= 15 is 0 Å². The smallest absolute Gasteiger partial charge is 0.340 e. The predicted molar refractivity (Wildman–Crippen MR) is 98.0 cm³/mol. The van der Waals surface area contributed by atoms with Gasteiger partial charge in [0.25, 0.3) is 5.91 Å². The van der Waals surface area contributed by atoms with Gasteiger partial charge in [-0.05, 0) is 37.3 Å². The normalized spacial score (nSPS) is 15.8. The van der Waals surface area contributed by atoms with Crippen LogP contribution in [0, 0.1) is 5.82 Å². The molecule has 132 valence electrons. The molecule has 1 heterocycles. The van der Waals surface area contributed by atoms with Crippen LogP contribution in [0.1, 0.15) is 12.5 Å². The number of esters is 1. The van der Waals surface area contributed by atoms with E-state index in [4.69, 9.17) is 16.3 Å². The Morgan fingerprint density at radius 3 is 2.58 bits per heavy atom. The van der Waals surface area contributed by atoms with E-state index in [-0.39, 0.29) is 16.7 Å². The van der Waals surface area contributed by atoms with Gasteiger partial charge in [-0.1, -0.05) is 35.9 Å². The number of carbonyl (C=O) groups excluding carboxylic acids is 2. The van der Waals surface area contributed by atoms with Gasteiger partial charge in [-0.2, -0.15) is 0 Å². The third kappa shape index (κ3) is 3.13.